The standard InChI is InChI=1S/C17H32N2O/c1-5-6-11(2)18-17(20)13(4)19-12(3)16-10-14-7-8-15(16)9-14/h11-16,19H,5-10H2,1-4H3,(H,18,20). The molecule has 1 amide bonds. The van der Waals surface area contributed by atoms with Crippen molar-refractivity contribution in [1.29, 1.82) is 0 Å². The molecule has 2 saturated carbocycles. The Kier molecular flexibility index (Phi) is 5.48. The fraction of sp³-hybridized carbons (Fsp3) is 0.941. The van der Waals surface area contributed by atoms with Gasteiger partial charge in [-0.1, -0.05) is 19.8 Å². The highest BCUT2D eigenvalue weighted by Gasteiger charge is 2.42. The third-order valence-corrected chi connectivity index (χ3v) is 5.45. The minimum Gasteiger partial charge on any atom is -0.352 e. The molecule has 6 atom stereocenters. The fourth-order valence-electron chi connectivity index (χ4n) is 4.37. The van der Waals surface area contributed by atoms with Gasteiger partial charge in [0.25, 0.3) is 0 Å². The first kappa shape index (κ1) is 15.8. The molecule has 3 heteroatoms. The molecule has 20 heavy (non-hydrogen) atoms. The SMILES string of the molecule is CCCC(C)NC(=O)C(C)NC(C)C1CC2CCC1C2. The molecule has 0 aromatic heterocycles. The molecule has 0 aromatic carbocycles. The first-order valence-corrected chi connectivity index (χ1v) is 8.57. The smallest absolute Gasteiger partial charge is 0.237 e. The summed E-state index contributed by atoms with van der Waals surface area (Å²) in [6.07, 6.45) is 7.84. The summed E-state index contributed by atoms with van der Waals surface area (Å²) in [4.78, 5) is 12.2. The van der Waals surface area contributed by atoms with E-state index in [2.05, 4.69) is 31.4 Å². The van der Waals surface area contributed by atoms with E-state index >= 15 is 0 Å². The molecule has 2 aliphatic rings. The maximum absolute atomic E-state index is 12.2. The van der Waals surface area contributed by atoms with Crippen LogP contribution < -0.4 is 10.6 Å². The minimum atomic E-state index is -0.0802. The zero-order valence-corrected chi connectivity index (χ0v) is 13.6. The first-order valence-electron chi connectivity index (χ1n) is 8.57. The summed E-state index contributed by atoms with van der Waals surface area (Å²) >= 11 is 0. The predicted molar refractivity (Wildman–Crippen MR) is 83.5 cm³/mol. The topological polar surface area (TPSA) is 41.1 Å². The van der Waals surface area contributed by atoms with E-state index < -0.39 is 0 Å². The molecule has 2 aliphatic carbocycles. The van der Waals surface area contributed by atoms with Gasteiger partial charge in [-0.05, 0) is 64.2 Å². The van der Waals surface area contributed by atoms with Crippen molar-refractivity contribution in [2.24, 2.45) is 17.8 Å². The molecule has 0 aromatic rings. The second-order valence-corrected chi connectivity index (χ2v) is 7.21. The lowest BCUT2D eigenvalue weighted by molar-refractivity contribution is -0.123. The Hall–Kier alpha value is -0.570. The number of amides is 1. The Morgan fingerprint density at radius 3 is 2.50 bits per heavy atom. The van der Waals surface area contributed by atoms with Crippen molar-refractivity contribution in [1.82, 2.24) is 10.6 Å². The average molecular weight is 280 g/mol. The van der Waals surface area contributed by atoms with Crippen LogP contribution in [-0.2, 0) is 4.79 Å². The van der Waals surface area contributed by atoms with E-state index in [1.165, 1.54) is 25.7 Å². The van der Waals surface area contributed by atoms with Crippen LogP contribution in [0.25, 0.3) is 0 Å². The van der Waals surface area contributed by atoms with Crippen LogP contribution in [0.4, 0.5) is 0 Å². The number of nitrogens with one attached hydrogen (secondary N) is 2. The van der Waals surface area contributed by atoms with Gasteiger partial charge >= 0.3 is 0 Å². The second-order valence-electron chi connectivity index (χ2n) is 7.21. The van der Waals surface area contributed by atoms with E-state index in [1.54, 1.807) is 0 Å². The van der Waals surface area contributed by atoms with Crippen LogP contribution in [0, 0.1) is 17.8 Å². The molecule has 116 valence electrons. The van der Waals surface area contributed by atoms with E-state index in [4.69, 9.17) is 0 Å². The first-order chi connectivity index (χ1) is 9.51. The molecule has 0 spiro atoms. The van der Waals surface area contributed by atoms with E-state index in [-0.39, 0.29) is 18.0 Å². The summed E-state index contributed by atoms with van der Waals surface area (Å²) < 4.78 is 0. The van der Waals surface area contributed by atoms with Gasteiger partial charge in [0.1, 0.15) is 0 Å². The number of rotatable bonds is 7. The summed E-state index contributed by atoms with van der Waals surface area (Å²) in [7, 11) is 0. The Morgan fingerprint density at radius 1 is 1.20 bits per heavy atom. The van der Waals surface area contributed by atoms with Gasteiger partial charge in [-0.2, -0.15) is 0 Å². The summed E-state index contributed by atoms with van der Waals surface area (Å²) in [5.74, 6) is 2.83. The van der Waals surface area contributed by atoms with Crippen molar-refractivity contribution in [2.45, 2.75) is 84.3 Å². The number of fused-ring (bicyclic) bond motifs is 2. The van der Waals surface area contributed by atoms with E-state index in [0.717, 1.165) is 30.6 Å². The molecule has 2 bridgehead atoms. The summed E-state index contributed by atoms with van der Waals surface area (Å²) in [6.45, 7) is 8.51. The van der Waals surface area contributed by atoms with Gasteiger partial charge in [-0.15, -0.1) is 0 Å². The van der Waals surface area contributed by atoms with Crippen LogP contribution in [0.1, 0.15) is 66.2 Å². The molecule has 2 N–H and O–H groups in total. The third kappa shape index (κ3) is 3.75. The van der Waals surface area contributed by atoms with Gasteiger partial charge < -0.3 is 10.6 Å². The Labute approximate surface area is 124 Å². The summed E-state index contributed by atoms with van der Waals surface area (Å²) in [5.41, 5.74) is 0. The monoisotopic (exact) mass is 280 g/mol. The molecule has 2 fully saturated rings. The van der Waals surface area contributed by atoms with Crippen LogP contribution in [0.3, 0.4) is 0 Å². The fourth-order valence-corrected chi connectivity index (χ4v) is 4.37. The van der Waals surface area contributed by atoms with Crippen LogP contribution in [0.2, 0.25) is 0 Å². The maximum atomic E-state index is 12.2. The third-order valence-electron chi connectivity index (χ3n) is 5.45. The second kappa shape index (κ2) is 6.93. The summed E-state index contributed by atoms with van der Waals surface area (Å²) in [6, 6.07) is 0.672. The number of hydrogen-bond acceptors (Lipinski definition) is 2. The van der Waals surface area contributed by atoms with Gasteiger partial charge in [0, 0.05) is 12.1 Å². The van der Waals surface area contributed by atoms with Crippen molar-refractivity contribution < 1.29 is 4.79 Å². The lowest BCUT2D eigenvalue weighted by atomic mass is 9.84. The Bertz CT molecular complexity index is 331. The van der Waals surface area contributed by atoms with Crippen LogP contribution >= 0.6 is 0 Å². The number of hydrogen-bond donors (Lipinski definition) is 2. The van der Waals surface area contributed by atoms with Gasteiger partial charge in [0.15, 0.2) is 0 Å². The molecule has 0 radical (unpaired) electrons. The number of carbonyl (C=O) groups is 1. The van der Waals surface area contributed by atoms with Gasteiger partial charge in [-0.3, -0.25) is 4.79 Å². The molecular weight excluding hydrogens is 248 g/mol. The Morgan fingerprint density at radius 2 is 1.95 bits per heavy atom. The molecule has 0 heterocycles. The van der Waals surface area contributed by atoms with Crippen molar-refractivity contribution in [2.75, 3.05) is 0 Å². The zero-order valence-electron chi connectivity index (χ0n) is 13.6. The van der Waals surface area contributed by atoms with Gasteiger partial charge in [-0.25, -0.2) is 0 Å². The highest BCUT2D eigenvalue weighted by molar-refractivity contribution is 5.81. The zero-order chi connectivity index (χ0) is 14.7. The van der Waals surface area contributed by atoms with Crippen LogP contribution in [-0.4, -0.2) is 24.0 Å². The normalized spacial score (nSPS) is 32.9. The largest absolute Gasteiger partial charge is 0.352 e. The van der Waals surface area contributed by atoms with Crippen molar-refractivity contribution in [3.8, 4) is 0 Å². The minimum absolute atomic E-state index is 0.0802. The van der Waals surface area contributed by atoms with Crippen LogP contribution in [0.5, 0.6) is 0 Å². The quantitative estimate of drug-likeness (QED) is 0.752. The lowest BCUT2D eigenvalue weighted by Gasteiger charge is -2.31. The lowest BCUT2D eigenvalue weighted by Crippen LogP contribution is -2.50. The van der Waals surface area contributed by atoms with Crippen molar-refractivity contribution >= 4 is 5.91 Å². The van der Waals surface area contributed by atoms with E-state index in [0.29, 0.717) is 6.04 Å². The van der Waals surface area contributed by atoms with E-state index in [1.807, 2.05) is 6.92 Å². The maximum Gasteiger partial charge on any atom is 0.237 e. The van der Waals surface area contributed by atoms with Gasteiger partial charge in [0.2, 0.25) is 5.91 Å². The molecule has 6 unspecified atom stereocenters. The highest BCUT2D eigenvalue weighted by Crippen LogP contribution is 2.49. The molecule has 2 rings (SSSR count). The predicted octanol–water partition coefficient (Wildman–Crippen LogP) is 3.09. The van der Waals surface area contributed by atoms with Gasteiger partial charge in [0.05, 0.1) is 6.04 Å². The van der Waals surface area contributed by atoms with Crippen LogP contribution in [0.15, 0.2) is 0 Å². The highest BCUT2D eigenvalue weighted by atomic mass is 16.2. The molecule has 0 aliphatic heterocycles. The average Bonchev–Trinajstić information content (AvgIpc) is 3.00. The molecular formula is C17H32N2O. The molecule has 0 saturated heterocycles. The van der Waals surface area contributed by atoms with E-state index in [9.17, 15) is 4.79 Å². The summed E-state index contributed by atoms with van der Waals surface area (Å²) in [5, 5.41) is 6.65. The molecule has 3 nitrogen and oxygen atoms in total. The Balaban J connectivity index is 1.75. The number of carbonyl (C=O) groups excluding carboxylic acids is 1. The van der Waals surface area contributed by atoms with Crippen molar-refractivity contribution in [3.63, 3.8) is 0 Å². The van der Waals surface area contributed by atoms with Crippen molar-refractivity contribution in [3.05, 3.63) is 0 Å².